The summed E-state index contributed by atoms with van der Waals surface area (Å²) in [5.74, 6) is 1.46. The van der Waals surface area contributed by atoms with Gasteiger partial charge >= 0.3 is 12.2 Å². The lowest BCUT2D eigenvalue weighted by Crippen LogP contribution is -2.51. The molecule has 0 radical (unpaired) electrons. The topological polar surface area (TPSA) is 184 Å². The van der Waals surface area contributed by atoms with Crippen LogP contribution in [0.2, 0.25) is 0 Å². The highest BCUT2D eigenvalue weighted by Crippen LogP contribution is 2.50. The van der Waals surface area contributed by atoms with Crippen molar-refractivity contribution in [1.29, 1.82) is 0 Å². The summed E-state index contributed by atoms with van der Waals surface area (Å²) in [4.78, 5) is 72.2. The highest BCUT2D eigenvalue weighted by Gasteiger charge is 2.42. The number of rotatable bonds is 13. The maximum atomic E-state index is 13.8. The van der Waals surface area contributed by atoms with Crippen LogP contribution in [0.25, 0.3) is 44.8 Å². The number of hydrogen-bond donors (Lipinski definition) is 4. The van der Waals surface area contributed by atoms with Crippen molar-refractivity contribution in [3.63, 3.8) is 0 Å². The quantitative estimate of drug-likeness (QED) is 0.0893. The Morgan fingerprint density at radius 2 is 1.04 bits per heavy atom. The molecule has 0 aliphatic carbocycles. The van der Waals surface area contributed by atoms with Crippen LogP contribution in [0.15, 0.2) is 73.1 Å². The van der Waals surface area contributed by atoms with Gasteiger partial charge in [0.2, 0.25) is 11.8 Å². The van der Waals surface area contributed by atoms with Crippen molar-refractivity contribution >= 4 is 24.0 Å². The van der Waals surface area contributed by atoms with Crippen molar-refractivity contribution in [2.75, 3.05) is 27.3 Å². The van der Waals surface area contributed by atoms with Crippen molar-refractivity contribution in [1.82, 2.24) is 40.4 Å². The second kappa shape index (κ2) is 20.0. The Kier molecular flexibility index (Phi) is 14.1. The number of ether oxygens (including phenoxy) is 3. The third-order valence-electron chi connectivity index (χ3n) is 14.0. The minimum atomic E-state index is -0.708. The normalized spacial score (nSPS) is 22.1. The van der Waals surface area contributed by atoms with E-state index in [0.717, 1.165) is 75.7 Å². The summed E-state index contributed by atoms with van der Waals surface area (Å²) in [5, 5.41) is 5.46. The molecule has 3 aliphatic heterocycles. The molecule has 68 heavy (non-hydrogen) atoms. The number of carbonyl (C=O) groups is 4. The van der Waals surface area contributed by atoms with E-state index in [1.54, 1.807) is 0 Å². The number of methoxy groups -OCH3 is 2. The third kappa shape index (κ3) is 9.49. The zero-order valence-electron chi connectivity index (χ0n) is 40.9. The van der Waals surface area contributed by atoms with Gasteiger partial charge in [-0.25, -0.2) is 19.6 Å². The van der Waals surface area contributed by atoms with E-state index in [9.17, 15) is 19.2 Å². The van der Waals surface area contributed by atoms with Crippen LogP contribution >= 0.6 is 0 Å². The largest absolute Gasteiger partial charge is 0.453 e. The monoisotopic (exact) mass is 927 g/mol. The minimum absolute atomic E-state index is 0.0538. The zero-order valence-corrected chi connectivity index (χ0v) is 40.9. The molecule has 360 valence electrons. The molecule has 0 saturated carbocycles. The number of H-pyrrole nitrogens is 2. The Morgan fingerprint density at radius 3 is 1.43 bits per heavy atom. The molecular formula is C53H66N8O7. The summed E-state index contributed by atoms with van der Waals surface area (Å²) >= 11 is 0. The number of imidazole rings is 2. The number of carbonyl (C=O) groups excluding carboxylic acids is 4. The van der Waals surface area contributed by atoms with E-state index in [1.807, 2.05) is 49.9 Å². The van der Waals surface area contributed by atoms with Gasteiger partial charge in [-0.15, -0.1) is 0 Å². The van der Waals surface area contributed by atoms with E-state index in [2.05, 4.69) is 109 Å². The van der Waals surface area contributed by atoms with E-state index in [1.165, 1.54) is 25.3 Å². The van der Waals surface area contributed by atoms with Crippen molar-refractivity contribution in [3.8, 4) is 44.8 Å². The van der Waals surface area contributed by atoms with Gasteiger partial charge in [0, 0.05) is 13.1 Å². The first-order valence-corrected chi connectivity index (χ1v) is 24.0. The molecule has 3 unspecified atom stereocenters. The lowest BCUT2D eigenvalue weighted by molar-refractivity contribution is -0.136. The summed E-state index contributed by atoms with van der Waals surface area (Å²) in [6.45, 7) is 17.3. The first-order chi connectivity index (χ1) is 32.6. The second-order valence-electron chi connectivity index (χ2n) is 19.6. The van der Waals surface area contributed by atoms with Crippen LogP contribution in [0.4, 0.5) is 9.59 Å². The highest BCUT2D eigenvalue weighted by molar-refractivity contribution is 5.87. The predicted octanol–water partition coefficient (Wildman–Crippen LogP) is 9.92. The Labute approximate surface area is 399 Å². The number of aromatic amines is 2. The average Bonchev–Trinajstić information content (AvgIpc) is 4.20. The number of alkyl carbamates (subject to hydrolysis) is 2. The Hall–Kier alpha value is -6.48. The molecule has 15 heteroatoms. The van der Waals surface area contributed by atoms with Crippen molar-refractivity contribution < 1.29 is 33.4 Å². The van der Waals surface area contributed by atoms with Gasteiger partial charge in [0.25, 0.3) is 0 Å². The molecule has 8 rings (SSSR count). The summed E-state index contributed by atoms with van der Waals surface area (Å²) in [7, 11) is 2.60. The van der Waals surface area contributed by atoms with E-state index < -0.39 is 24.3 Å². The Morgan fingerprint density at radius 1 is 0.647 bits per heavy atom. The highest BCUT2D eigenvalue weighted by atomic mass is 16.5. The van der Waals surface area contributed by atoms with Gasteiger partial charge in [-0.3, -0.25) is 9.59 Å². The predicted molar refractivity (Wildman–Crippen MR) is 260 cm³/mol. The SMILES string of the molecule is CCC1OC(C)c2c(-c3ccc(-c4cnc(C5C[C@H](C)CN5C(=O)[C@@H](NC(=O)OC)C(C)C)[nH]4)cc3)ccc(-c3ccc(-c4cnc([C@@H]5C[C@H](C)CN5C(=O)[C@@H](NC(=O)OC)C(C)C)[nH]4)cc3)c21. The molecule has 2 saturated heterocycles. The van der Waals surface area contributed by atoms with Gasteiger partial charge in [-0.2, -0.15) is 0 Å². The number of benzene rings is 3. The summed E-state index contributed by atoms with van der Waals surface area (Å²) < 4.78 is 16.3. The number of nitrogens with one attached hydrogen (secondary N) is 4. The first kappa shape index (κ1) is 48.0. The smallest absolute Gasteiger partial charge is 0.407 e. The summed E-state index contributed by atoms with van der Waals surface area (Å²) in [5.41, 5.74) is 10.5. The number of likely N-dealkylation sites (tertiary alicyclic amines) is 2. The van der Waals surface area contributed by atoms with Crippen LogP contribution in [0, 0.1) is 23.7 Å². The molecule has 3 aromatic carbocycles. The third-order valence-corrected chi connectivity index (χ3v) is 14.0. The number of fused-ring (bicyclic) bond motifs is 1. The molecule has 4 amide bonds. The van der Waals surface area contributed by atoms with Crippen molar-refractivity contribution in [2.24, 2.45) is 23.7 Å². The van der Waals surface area contributed by atoms with Gasteiger partial charge in [0.1, 0.15) is 23.7 Å². The Balaban J connectivity index is 1.01. The maximum absolute atomic E-state index is 13.8. The molecule has 5 aromatic rings. The number of amides is 4. The molecule has 0 spiro atoms. The summed E-state index contributed by atoms with van der Waals surface area (Å²) in [6, 6.07) is 19.5. The fourth-order valence-electron chi connectivity index (χ4n) is 10.4. The van der Waals surface area contributed by atoms with Crippen molar-refractivity contribution in [2.45, 2.75) is 111 Å². The lowest BCUT2D eigenvalue weighted by Gasteiger charge is -2.30. The van der Waals surface area contributed by atoms with E-state index in [-0.39, 0.29) is 59.8 Å². The number of aromatic nitrogens is 4. The maximum Gasteiger partial charge on any atom is 0.407 e. The fraction of sp³-hybridized carbons (Fsp3) is 0.472. The molecule has 2 fully saturated rings. The van der Waals surface area contributed by atoms with Crippen LogP contribution in [-0.2, 0) is 23.8 Å². The fourth-order valence-corrected chi connectivity index (χ4v) is 10.4. The number of nitrogens with zero attached hydrogens (tertiary/aromatic N) is 4. The van der Waals surface area contributed by atoms with E-state index in [0.29, 0.717) is 13.1 Å². The second-order valence-corrected chi connectivity index (χ2v) is 19.6. The van der Waals surface area contributed by atoms with Crippen LogP contribution in [0.5, 0.6) is 0 Å². The zero-order chi connectivity index (χ0) is 48.6. The van der Waals surface area contributed by atoms with E-state index >= 15 is 0 Å². The Bertz CT molecular complexity index is 2620. The number of hydrogen-bond acceptors (Lipinski definition) is 9. The van der Waals surface area contributed by atoms with Crippen LogP contribution in [0.1, 0.15) is 122 Å². The summed E-state index contributed by atoms with van der Waals surface area (Å²) in [6.07, 6.45) is 4.62. The molecule has 4 N–H and O–H groups in total. The van der Waals surface area contributed by atoms with Gasteiger partial charge in [-0.05, 0) is 94.4 Å². The minimum Gasteiger partial charge on any atom is -0.453 e. The van der Waals surface area contributed by atoms with E-state index in [4.69, 9.17) is 24.2 Å². The molecule has 5 heterocycles. The van der Waals surface area contributed by atoms with Gasteiger partial charge < -0.3 is 44.6 Å². The molecular weight excluding hydrogens is 861 g/mol. The van der Waals surface area contributed by atoms with Gasteiger partial charge in [0.05, 0.1) is 62.3 Å². The lowest BCUT2D eigenvalue weighted by atomic mass is 9.85. The molecule has 3 aliphatic rings. The van der Waals surface area contributed by atoms with Gasteiger partial charge in [-0.1, -0.05) is 109 Å². The molecule has 0 bridgehead atoms. The van der Waals surface area contributed by atoms with Gasteiger partial charge in [0.15, 0.2) is 0 Å². The first-order valence-electron chi connectivity index (χ1n) is 24.0. The molecule has 15 nitrogen and oxygen atoms in total. The van der Waals surface area contributed by atoms with Crippen LogP contribution in [-0.4, -0.2) is 93.1 Å². The van der Waals surface area contributed by atoms with Crippen molar-refractivity contribution in [3.05, 3.63) is 95.8 Å². The van der Waals surface area contributed by atoms with Crippen LogP contribution < -0.4 is 10.6 Å². The average molecular weight is 927 g/mol. The standard InChI is InChI=1S/C53H66N8O7/c1-11-43-45-38(34-14-18-36(19-15-34)40-25-55-49(57-40)42-23-31(7)27-61(42)51(63)47(29(4)5)59-53(65)67-10)21-20-37(44(45)32(8)68-43)33-12-16-35(17-13-33)39-24-54-48(56-39)41-22-30(6)26-60(41)50(62)46(28(2)3)58-52(64)66-9/h12-21,24-25,28-32,41-43,46-47H,11,22-23,26-27H2,1-10H3,(H,54,56)(H,55,57)(H,58,64)(H,59,65)/t30-,31-,32?,41?,42-,43?,46-,47-/m0/s1. The molecule has 2 aromatic heterocycles. The van der Waals surface area contributed by atoms with Crippen LogP contribution in [0.3, 0.4) is 0 Å². The molecule has 8 atom stereocenters.